The van der Waals surface area contributed by atoms with Crippen molar-refractivity contribution in [2.24, 2.45) is 5.92 Å². The summed E-state index contributed by atoms with van der Waals surface area (Å²) in [6.07, 6.45) is 2.63. The van der Waals surface area contributed by atoms with Gasteiger partial charge in [0.15, 0.2) is 0 Å². The predicted molar refractivity (Wildman–Crippen MR) is 120 cm³/mol. The molecule has 5 nitrogen and oxygen atoms in total. The first-order chi connectivity index (χ1) is 14.9. The molecule has 0 bridgehead atoms. The van der Waals surface area contributed by atoms with Crippen LogP contribution < -0.4 is 5.32 Å². The fourth-order valence-corrected chi connectivity index (χ4v) is 3.12. The molecular formula is C26H29NO4. The van der Waals surface area contributed by atoms with Crippen LogP contribution in [0.4, 0.5) is 0 Å². The van der Waals surface area contributed by atoms with E-state index >= 15 is 0 Å². The molecule has 1 N–H and O–H groups in total. The lowest BCUT2D eigenvalue weighted by Gasteiger charge is -2.13. The van der Waals surface area contributed by atoms with Crippen molar-refractivity contribution in [2.75, 3.05) is 13.7 Å². The highest BCUT2D eigenvalue weighted by Gasteiger charge is 2.21. The molecule has 2 aromatic carbocycles. The second-order valence-electron chi connectivity index (χ2n) is 8.10. The van der Waals surface area contributed by atoms with Gasteiger partial charge < -0.3 is 14.8 Å². The molecule has 1 aliphatic carbocycles. The van der Waals surface area contributed by atoms with Gasteiger partial charge in [0.25, 0.3) is 0 Å². The van der Waals surface area contributed by atoms with Gasteiger partial charge in [-0.3, -0.25) is 4.79 Å². The fraction of sp³-hybridized carbons (Fsp3) is 0.385. The zero-order chi connectivity index (χ0) is 22.2. The van der Waals surface area contributed by atoms with Gasteiger partial charge in [-0.1, -0.05) is 24.0 Å². The zero-order valence-corrected chi connectivity index (χ0v) is 18.4. The van der Waals surface area contributed by atoms with Gasteiger partial charge in [-0.05, 0) is 80.6 Å². The van der Waals surface area contributed by atoms with Gasteiger partial charge in [0.1, 0.15) is 0 Å². The molecule has 2 aromatic rings. The summed E-state index contributed by atoms with van der Waals surface area (Å²) in [5, 5.41) is 3.45. The van der Waals surface area contributed by atoms with Gasteiger partial charge in [-0.25, -0.2) is 4.79 Å². The summed E-state index contributed by atoms with van der Waals surface area (Å²) in [4.78, 5) is 23.9. The van der Waals surface area contributed by atoms with Crippen LogP contribution in [0.3, 0.4) is 0 Å². The highest BCUT2D eigenvalue weighted by Crippen LogP contribution is 2.27. The maximum Gasteiger partial charge on any atom is 0.338 e. The van der Waals surface area contributed by atoms with Crippen LogP contribution in [0, 0.1) is 17.8 Å². The first-order valence-electron chi connectivity index (χ1n) is 10.7. The molecule has 0 radical (unpaired) electrons. The molecule has 0 aliphatic heterocycles. The highest BCUT2D eigenvalue weighted by molar-refractivity contribution is 5.91. The van der Waals surface area contributed by atoms with E-state index in [1.165, 1.54) is 20.0 Å². The number of hydrogen-bond donors (Lipinski definition) is 1. The van der Waals surface area contributed by atoms with Crippen molar-refractivity contribution < 1.29 is 19.1 Å². The summed E-state index contributed by atoms with van der Waals surface area (Å²) in [5.74, 6) is 6.50. The smallest absolute Gasteiger partial charge is 0.338 e. The third-order valence-corrected chi connectivity index (χ3v) is 4.99. The van der Waals surface area contributed by atoms with Crippen LogP contribution >= 0.6 is 0 Å². The molecule has 0 saturated heterocycles. The maximum atomic E-state index is 12.5. The van der Waals surface area contributed by atoms with Crippen LogP contribution in [0.2, 0.25) is 0 Å². The largest absolute Gasteiger partial charge is 0.469 e. The van der Waals surface area contributed by atoms with E-state index in [-0.39, 0.29) is 24.5 Å². The number of rotatable bonds is 8. The number of hydrogen-bond acceptors (Lipinski definition) is 5. The Labute approximate surface area is 184 Å². The Morgan fingerprint density at radius 3 is 2.39 bits per heavy atom. The van der Waals surface area contributed by atoms with E-state index in [1.807, 2.05) is 50.2 Å². The Kier molecular flexibility index (Phi) is 7.86. The van der Waals surface area contributed by atoms with Crippen LogP contribution in [0.5, 0.6) is 0 Å². The van der Waals surface area contributed by atoms with E-state index in [0.29, 0.717) is 12.1 Å². The molecule has 31 heavy (non-hydrogen) atoms. The SMILES string of the molecule is COC(=O)Cc1ccc(C#Cc2ccc(C(=O)OC(C)C)c(CNCC3CC3)c2)cc1. The molecule has 1 saturated carbocycles. The van der Waals surface area contributed by atoms with Gasteiger partial charge in [0.2, 0.25) is 0 Å². The molecule has 1 aliphatic rings. The molecule has 162 valence electrons. The Balaban J connectivity index is 1.74. The lowest BCUT2D eigenvalue weighted by atomic mass is 10.0. The number of carbonyl (C=O) groups excluding carboxylic acids is 2. The summed E-state index contributed by atoms with van der Waals surface area (Å²) in [7, 11) is 1.38. The summed E-state index contributed by atoms with van der Waals surface area (Å²) in [6, 6.07) is 13.1. The molecule has 0 amide bonds. The number of methoxy groups -OCH3 is 1. The molecule has 0 heterocycles. The van der Waals surface area contributed by atoms with E-state index in [0.717, 1.165) is 34.7 Å². The van der Waals surface area contributed by atoms with Crippen molar-refractivity contribution in [3.63, 3.8) is 0 Å². The predicted octanol–water partition coefficient (Wildman–Crippen LogP) is 3.87. The Morgan fingerprint density at radius 1 is 1.06 bits per heavy atom. The van der Waals surface area contributed by atoms with E-state index in [9.17, 15) is 9.59 Å². The highest BCUT2D eigenvalue weighted by atomic mass is 16.5. The van der Waals surface area contributed by atoms with Crippen LogP contribution in [0.15, 0.2) is 42.5 Å². The minimum atomic E-state index is -0.307. The molecule has 0 spiro atoms. The van der Waals surface area contributed by atoms with Crippen LogP contribution in [-0.4, -0.2) is 31.7 Å². The van der Waals surface area contributed by atoms with E-state index in [2.05, 4.69) is 21.9 Å². The summed E-state index contributed by atoms with van der Waals surface area (Å²) in [5.41, 5.74) is 4.05. The number of ether oxygens (including phenoxy) is 2. The summed E-state index contributed by atoms with van der Waals surface area (Å²) >= 11 is 0. The molecule has 0 aromatic heterocycles. The van der Waals surface area contributed by atoms with E-state index < -0.39 is 0 Å². The number of benzene rings is 2. The Morgan fingerprint density at radius 2 is 1.74 bits per heavy atom. The van der Waals surface area contributed by atoms with Gasteiger partial charge in [-0.2, -0.15) is 0 Å². The average Bonchev–Trinajstić information content (AvgIpc) is 3.57. The van der Waals surface area contributed by atoms with Gasteiger partial charge in [0.05, 0.1) is 25.2 Å². The molecule has 3 rings (SSSR count). The molecule has 1 fully saturated rings. The minimum absolute atomic E-state index is 0.165. The third-order valence-electron chi connectivity index (χ3n) is 4.99. The quantitative estimate of drug-likeness (QED) is 0.520. The van der Waals surface area contributed by atoms with Gasteiger partial charge in [-0.15, -0.1) is 0 Å². The second kappa shape index (κ2) is 10.8. The van der Waals surface area contributed by atoms with Crippen molar-refractivity contribution >= 4 is 11.9 Å². The van der Waals surface area contributed by atoms with Crippen LogP contribution in [-0.2, 0) is 27.2 Å². The van der Waals surface area contributed by atoms with Crippen LogP contribution in [0.1, 0.15) is 59.3 Å². The minimum Gasteiger partial charge on any atom is -0.469 e. The Bertz CT molecular complexity index is 979. The van der Waals surface area contributed by atoms with Crippen LogP contribution in [0.25, 0.3) is 0 Å². The lowest BCUT2D eigenvalue weighted by Crippen LogP contribution is -2.20. The Hall–Kier alpha value is -3.10. The maximum absolute atomic E-state index is 12.5. The lowest BCUT2D eigenvalue weighted by molar-refractivity contribution is -0.139. The molecular weight excluding hydrogens is 390 g/mol. The third kappa shape index (κ3) is 7.27. The number of nitrogens with one attached hydrogen (secondary N) is 1. The average molecular weight is 420 g/mol. The summed E-state index contributed by atoms with van der Waals surface area (Å²) < 4.78 is 10.1. The van der Waals surface area contributed by atoms with Crippen molar-refractivity contribution in [1.82, 2.24) is 5.32 Å². The first-order valence-corrected chi connectivity index (χ1v) is 10.7. The van der Waals surface area contributed by atoms with E-state index in [1.54, 1.807) is 6.07 Å². The normalized spacial score (nSPS) is 12.8. The molecule has 0 unspecified atom stereocenters. The van der Waals surface area contributed by atoms with Crippen molar-refractivity contribution in [3.05, 3.63) is 70.3 Å². The number of carbonyl (C=O) groups is 2. The molecule has 0 atom stereocenters. The summed E-state index contributed by atoms with van der Waals surface area (Å²) in [6.45, 7) is 5.27. The monoisotopic (exact) mass is 419 g/mol. The van der Waals surface area contributed by atoms with Crippen molar-refractivity contribution in [2.45, 2.75) is 45.8 Å². The van der Waals surface area contributed by atoms with E-state index in [4.69, 9.17) is 4.74 Å². The van der Waals surface area contributed by atoms with Gasteiger partial charge in [0, 0.05) is 17.7 Å². The first kappa shape index (κ1) is 22.6. The topological polar surface area (TPSA) is 64.6 Å². The molecule has 5 heteroatoms. The van der Waals surface area contributed by atoms with Crippen molar-refractivity contribution in [1.29, 1.82) is 0 Å². The fourth-order valence-electron chi connectivity index (χ4n) is 3.12. The van der Waals surface area contributed by atoms with Gasteiger partial charge >= 0.3 is 11.9 Å². The number of esters is 2. The second-order valence-corrected chi connectivity index (χ2v) is 8.10. The standard InChI is InChI=1S/C26H29NO4/c1-18(2)31-26(29)24-13-12-20(14-23(24)17-27-16-22-10-11-22)7-4-19-5-8-21(9-6-19)15-25(28)30-3/h5-6,8-9,12-14,18,22,27H,10-11,15-17H2,1-3H3. The van der Waals surface area contributed by atoms with Crippen molar-refractivity contribution in [3.8, 4) is 11.8 Å². The zero-order valence-electron chi connectivity index (χ0n) is 18.4.